The van der Waals surface area contributed by atoms with E-state index in [1.807, 2.05) is 0 Å². The molecule has 0 atom stereocenters. The monoisotopic (exact) mass is 248 g/mol. The van der Waals surface area contributed by atoms with Crippen LogP contribution in [-0.2, 0) is 0 Å². The van der Waals surface area contributed by atoms with Gasteiger partial charge in [-0.15, -0.1) is 0 Å². The number of aliphatic hydroxyl groups is 4. The fourth-order valence-corrected chi connectivity index (χ4v) is 1.65. The molecule has 0 aliphatic carbocycles. The summed E-state index contributed by atoms with van der Waals surface area (Å²) in [5.41, 5.74) is 0.712. The van der Waals surface area contributed by atoms with Gasteiger partial charge >= 0.3 is 0 Å². The lowest BCUT2D eigenvalue weighted by Gasteiger charge is -2.13. The average molecular weight is 248 g/mol. The Balaban J connectivity index is 2.62. The van der Waals surface area contributed by atoms with Crippen LogP contribution in [-0.4, -0.2) is 30.4 Å². The molecule has 0 fully saturated rings. The lowest BCUT2D eigenvalue weighted by atomic mass is 10.1. The van der Waals surface area contributed by atoms with Crippen molar-refractivity contribution in [2.75, 3.05) is 0 Å². The molecular formula is C12H12N2O4. The summed E-state index contributed by atoms with van der Waals surface area (Å²) in [6.45, 7) is 0. The Morgan fingerprint density at radius 2 is 1.11 bits per heavy atom. The summed E-state index contributed by atoms with van der Waals surface area (Å²) in [5, 5.41) is 37.0. The first-order valence-corrected chi connectivity index (χ1v) is 5.23. The Morgan fingerprint density at radius 1 is 0.722 bits per heavy atom. The van der Waals surface area contributed by atoms with Crippen LogP contribution in [0.4, 0.5) is 0 Å². The molecular weight excluding hydrogens is 236 g/mol. The molecule has 18 heavy (non-hydrogen) atoms. The van der Waals surface area contributed by atoms with Crippen LogP contribution in [0.5, 0.6) is 0 Å². The van der Waals surface area contributed by atoms with Crippen molar-refractivity contribution in [2.45, 2.75) is 12.6 Å². The summed E-state index contributed by atoms with van der Waals surface area (Å²) in [5.74, 6) is 0. The van der Waals surface area contributed by atoms with Crippen molar-refractivity contribution in [1.82, 2.24) is 9.97 Å². The number of pyridine rings is 2. The molecule has 94 valence electrons. The second-order valence-corrected chi connectivity index (χ2v) is 3.63. The van der Waals surface area contributed by atoms with E-state index in [9.17, 15) is 20.4 Å². The summed E-state index contributed by atoms with van der Waals surface area (Å²) < 4.78 is 0. The van der Waals surface area contributed by atoms with Crippen LogP contribution in [0, 0.1) is 0 Å². The highest BCUT2D eigenvalue weighted by Gasteiger charge is 2.18. The van der Waals surface area contributed by atoms with E-state index in [-0.39, 0.29) is 22.5 Å². The van der Waals surface area contributed by atoms with Gasteiger partial charge in [0.2, 0.25) is 0 Å². The highest BCUT2D eigenvalue weighted by Crippen LogP contribution is 2.28. The first-order chi connectivity index (χ1) is 8.61. The predicted octanol–water partition coefficient (Wildman–Crippen LogP) is 0.110. The van der Waals surface area contributed by atoms with Gasteiger partial charge in [-0.2, -0.15) is 0 Å². The van der Waals surface area contributed by atoms with Crippen LogP contribution in [0.3, 0.4) is 0 Å². The van der Waals surface area contributed by atoms with Crippen LogP contribution in [0.1, 0.15) is 23.7 Å². The summed E-state index contributed by atoms with van der Waals surface area (Å²) in [7, 11) is 0. The van der Waals surface area contributed by atoms with Gasteiger partial charge in [0, 0.05) is 23.5 Å². The molecule has 2 heterocycles. The molecule has 4 N–H and O–H groups in total. The van der Waals surface area contributed by atoms with Gasteiger partial charge in [0.15, 0.2) is 12.6 Å². The third-order valence-electron chi connectivity index (χ3n) is 2.46. The summed E-state index contributed by atoms with van der Waals surface area (Å²) in [6, 6.07) is 6.07. The van der Waals surface area contributed by atoms with Crippen molar-refractivity contribution in [3.8, 4) is 11.4 Å². The molecule has 0 radical (unpaired) electrons. The fourth-order valence-electron chi connectivity index (χ4n) is 1.65. The van der Waals surface area contributed by atoms with Crippen LogP contribution >= 0.6 is 0 Å². The second-order valence-electron chi connectivity index (χ2n) is 3.63. The van der Waals surface area contributed by atoms with Gasteiger partial charge in [-0.25, -0.2) is 0 Å². The van der Waals surface area contributed by atoms with E-state index in [2.05, 4.69) is 9.97 Å². The van der Waals surface area contributed by atoms with E-state index in [0.29, 0.717) is 0 Å². The molecule has 2 aromatic rings. The van der Waals surface area contributed by atoms with E-state index in [1.54, 1.807) is 12.1 Å². The number of nitrogens with zero attached hydrogens (tertiary/aromatic N) is 2. The van der Waals surface area contributed by atoms with Crippen LogP contribution in [0.15, 0.2) is 36.7 Å². The summed E-state index contributed by atoms with van der Waals surface area (Å²) in [4.78, 5) is 8.02. The van der Waals surface area contributed by atoms with E-state index >= 15 is 0 Å². The number of aliphatic hydroxyl groups excluding tert-OH is 2. The zero-order chi connectivity index (χ0) is 13.1. The predicted molar refractivity (Wildman–Crippen MR) is 61.8 cm³/mol. The SMILES string of the molecule is OC(O)c1cccnc1-c1ncccc1C(O)O. The summed E-state index contributed by atoms with van der Waals surface area (Å²) >= 11 is 0. The van der Waals surface area contributed by atoms with Gasteiger partial charge in [0.25, 0.3) is 0 Å². The first kappa shape index (κ1) is 12.6. The van der Waals surface area contributed by atoms with Gasteiger partial charge in [-0.05, 0) is 12.1 Å². The normalized spacial score (nSPS) is 11.2. The van der Waals surface area contributed by atoms with E-state index in [0.717, 1.165) is 0 Å². The molecule has 0 saturated carbocycles. The molecule has 0 aliphatic rings. The summed E-state index contributed by atoms with van der Waals surface area (Å²) in [6.07, 6.45) is -0.494. The molecule has 0 bridgehead atoms. The van der Waals surface area contributed by atoms with Crippen LogP contribution in [0.2, 0.25) is 0 Å². The molecule has 0 saturated heterocycles. The molecule has 0 aromatic carbocycles. The first-order valence-electron chi connectivity index (χ1n) is 5.23. The van der Waals surface area contributed by atoms with E-state index < -0.39 is 12.6 Å². The molecule has 6 nitrogen and oxygen atoms in total. The molecule has 0 amide bonds. The number of rotatable bonds is 3. The van der Waals surface area contributed by atoms with Crippen molar-refractivity contribution in [2.24, 2.45) is 0 Å². The zero-order valence-corrected chi connectivity index (χ0v) is 9.30. The quantitative estimate of drug-likeness (QED) is 0.574. The largest absolute Gasteiger partial charge is 0.364 e. The Labute approximate surface area is 103 Å². The minimum absolute atomic E-state index is 0.151. The maximum absolute atomic E-state index is 9.26. The smallest absolute Gasteiger partial charge is 0.180 e. The maximum atomic E-state index is 9.26. The fraction of sp³-hybridized carbons (Fsp3) is 0.167. The molecule has 2 aromatic heterocycles. The van der Waals surface area contributed by atoms with Gasteiger partial charge < -0.3 is 20.4 Å². The van der Waals surface area contributed by atoms with Gasteiger partial charge in [-0.1, -0.05) is 12.1 Å². The van der Waals surface area contributed by atoms with E-state index in [4.69, 9.17) is 0 Å². The molecule has 2 rings (SSSR count). The highest BCUT2D eigenvalue weighted by atomic mass is 16.5. The van der Waals surface area contributed by atoms with Gasteiger partial charge in [0.05, 0.1) is 11.4 Å². The standard InChI is InChI=1S/C12H12N2O4/c15-11(16)7-3-1-5-13-9(7)10-8(12(17)18)4-2-6-14-10/h1-6,11-12,15-18H. The van der Waals surface area contributed by atoms with Crippen molar-refractivity contribution in [3.05, 3.63) is 47.8 Å². The van der Waals surface area contributed by atoms with E-state index in [1.165, 1.54) is 24.5 Å². The lowest BCUT2D eigenvalue weighted by Crippen LogP contribution is -2.05. The maximum Gasteiger partial charge on any atom is 0.180 e. The number of hydrogen-bond acceptors (Lipinski definition) is 6. The molecule has 0 aliphatic heterocycles. The van der Waals surface area contributed by atoms with Crippen molar-refractivity contribution >= 4 is 0 Å². The van der Waals surface area contributed by atoms with Gasteiger partial charge in [-0.3, -0.25) is 9.97 Å². The Bertz CT molecular complexity index is 494. The molecule has 0 spiro atoms. The van der Waals surface area contributed by atoms with Crippen LogP contribution < -0.4 is 0 Å². The van der Waals surface area contributed by atoms with Crippen molar-refractivity contribution < 1.29 is 20.4 Å². The van der Waals surface area contributed by atoms with Gasteiger partial charge in [0.1, 0.15) is 0 Å². The minimum Gasteiger partial charge on any atom is -0.364 e. The zero-order valence-electron chi connectivity index (χ0n) is 9.30. The second kappa shape index (κ2) is 5.19. The highest BCUT2D eigenvalue weighted by molar-refractivity contribution is 5.63. The number of hydrogen-bond donors (Lipinski definition) is 4. The Morgan fingerprint density at radius 3 is 1.44 bits per heavy atom. The Kier molecular flexibility index (Phi) is 3.63. The molecule has 0 unspecified atom stereocenters. The third kappa shape index (κ3) is 2.36. The minimum atomic E-state index is -1.71. The molecule has 6 heteroatoms. The number of aromatic nitrogens is 2. The topological polar surface area (TPSA) is 107 Å². The van der Waals surface area contributed by atoms with Crippen molar-refractivity contribution in [3.63, 3.8) is 0 Å². The van der Waals surface area contributed by atoms with Crippen LogP contribution in [0.25, 0.3) is 11.4 Å². The average Bonchev–Trinajstić information content (AvgIpc) is 2.38. The third-order valence-corrected chi connectivity index (χ3v) is 2.46. The lowest BCUT2D eigenvalue weighted by molar-refractivity contribution is -0.0443. The Hall–Kier alpha value is -1.86. The van der Waals surface area contributed by atoms with Crippen molar-refractivity contribution in [1.29, 1.82) is 0 Å².